The molecular formula is C21H25F2N5O. The van der Waals surface area contributed by atoms with Gasteiger partial charge in [0, 0.05) is 32.1 Å². The number of halogens is 2. The van der Waals surface area contributed by atoms with Crippen LogP contribution in [-0.2, 0) is 13.0 Å². The number of alkyl halides is 2. The number of aromatic nitrogens is 2. The second-order valence-electron chi connectivity index (χ2n) is 6.65. The SMILES string of the molecule is CN=C(NCCCc1nc2ccccc2[nH]1)NCc1cc(C)ccc1OC(F)F. The van der Waals surface area contributed by atoms with Gasteiger partial charge in [-0.15, -0.1) is 0 Å². The number of nitrogens with one attached hydrogen (secondary N) is 3. The molecule has 6 nitrogen and oxygen atoms in total. The van der Waals surface area contributed by atoms with Crippen LogP contribution in [0.15, 0.2) is 47.5 Å². The number of hydrogen-bond acceptors (Lipinski definition) is 3. The van der Waals surface area contributed by atoms with Gasteiger partial charge in [-0.25, -0.2) is 4.98 Å². The maximum absolute atomic E-state index is 12.6. The Hall–Kier alpha value is -3.16. The van der Waals surface area contributed by atoms with Crippen molar-refractivity contribution < 1.29 is 13.5 Å². The third kappa shape index (κ3) is 5.91. The molecule has 1 heterocycles. The molecule has 8 heteroatoms. The van der Waals surface area contributed by atoms with Crippen LogP contribution in [0, 0.1) is 6.92 Å². The van der Waals surface area contributed by atoms with Gasteiger partial charge in [-0.05, 0) is 31.5 Å². The van der Waals surface area contributed by atoms with Crippen LogP contribution in [0.3, 0.4) is 0 Å². The van der Waals surface area contributed by atoms with Crippen molar-refractivity contribution in [3.63, 3.8) is 0 Å². The van der Waals surface area contributed by atoms with E-state index in [-0.39, 0.29) is 5.75 Å². The molecule has 3 N–H and O–H groups in total. The molecule has 0 radical (unpaired) electrons. The van der Waals surface area contributed by atoms with E-state index in [0.29, 0.717) is 24.6 Å². The molecule has 0 saturated carbocycles. The van der Waals surface area contributed by atoms with Crippen molar-refractivity contribution in [3.8, 4) is 5.75 Å². The Morgan fingerprint density at radius 3 is 2.79 bits per heavy atom. The van der Waals surface area contributed by atoms with Crippen LogP contribution in [-0.4, -0.2) is 36.1 Å². The minimum atomic E-state index is -2.85. The number of imidazole rings is 1. The molecule has 3 aromatic rings. The maximum atomic E-state index is 12.6. The summed E-state index contributed by atoms with van der Waals surface area (Å²) in [5, 5.41) is 6.36. The summed E-state index contributed by atoms with van der Waals surface area (Å²) in [5.74, 6) is 1.71. The molecule has 154 valence electrons. The number of nitrogens with zero attached hydrogens (tertiary/aromatic N) is 2. The molecule has 3 rings (SSSR count). The van der Waals surface area contributed by atoms with Gasteiger partial charge in [0.2, 0.25) is 0 Å². The Morgan fingerprint density at radius 2 is 2.03 bits per heavy atom. The summed E-state index contributed by atoms with van der Waals surface area (Å²) in [6.45, 7) is 0.0748. The quantitative estimate of drug-likeness (QED) is 0.305. The second-order valence-corrected chi connectivity index (χ2v) is 6.65. The van der Waals surface area contributed by atoms with E-state index in [1.54, 1.807) is 19.2 Å². The zero-order chi connectivity index (χ0) is 20.6. The highest BCUT2D eigenvalue weighted by Crippen LogP contribution is 2.22. The van der Waals surface area contributed by atoms with Gasteiger partial charge in [-0.1, -0.05) is 29.8 Å². The average molecular weight is 401 g/mol. The fraction of sp³-hybridized carbons (Fsp3) is 0.333. The highest BCUT2D eigenvalue weighted by molar-refractivity contribution is 5.79. The molecule has 0 spiro atoms. The number of guanidine groups is 1. The molecule has 0 atom stereocenters. The maximum Gasteiger partial charge on any atom is 0.387 e. The number of aryl methyl sites for hydroxylation is 2. The van der Waals surface area contributed by atoms with E-state index in [4.69, 9.17) is 0 Å². The van der Waals surface area contributed by atoms with E-state index in [1.165, 1.54) is 0 Å². The Kier molecular flexibility index (Phi) is 6.99. The van der Waals surface area contributed by atoms with Crippen molar-refractivity contribution in [2.24, 2.45) is 4.99 Å². The number of benzene rings is 2. The molecule has 2 aromatic carbocycles. The zero-order valence-electron chi connectivity index (χ0n) is 16.5. The Morgan fingerprint density at radius 1 is 1.21 bits per heavy atom. The number of H-pyrrole nitrogens is 1. The summed E-state index contributed by atoms with van der Waals surface area (Å²) < 4.78 is 29.8. The predicted octanol–water partition coefficient (Wildman–Crippen LogP) is 3.77. The molecular weight excluding hydrogens is 376 g/mol. The van der Waals surface area contributed by atoms with Gasteiger partial charge in [-0.3, -0.25) is 4.99 Å². The summed E-state index contributed by atoms with van der Waals surface area (Å²) >= 11 is 0. The minimum Gasteiger partial charge on any atom is -0.434 e. The van der Waals surface area contributed by atoms with Gasteiger partial charge in [0.05, 0.1) is 11.0 Å². The highest BCUT2D eigenvalue weighted by Gasteiger charge is 2.10. The highest BCUT2D eigenvalue weighted by atomic mass is 19.3. The first-order valence-electron chi connectivity index (χ1n) is 9.47. The molecule has 0 amide bonds. The number of rotatable bonds is 8. The average Bonchev–Trinajstić information content (AvgIpc) is 3.12. The molecule has 0 aliphatic rings. The smallest absolute Gasteiger partial charge is 0.387 e. The fourth-order valence-corrected chi connectivity index (χ4v) is 3.04. The van der Waals surface area contributed by atoms with Crippen molar-refractivity contribution in [1.29, 1.82) is 0 Å². The molecule has 1 aromatic heterocycles. The van der Waals surface area contributed by atoms with Gasteiger partial charge in [0.15, 0.2) is 5.96 Å². The monoisotopic (exact) mass is 401 g/mol. The molecule has 29 heavy (non-hydrogen) atoms. The Bertz CT molecular complexity index is 938. The second kappa shape index (κ2) is 9.86. The molecule has 0 saturated heterocycles. The molecule has 0 aliphatic carbocycles. The van der Waals surface area contributed by atoms with E-state index >= 15 is 0 Å². The summed E-state index contributed by atoms with van der Waals surface area (Å²) in [7, 11) is 1.67. The van der Waals surface area contributed by atoms with Crippen LogP contribution in [0.25, 0.3) is 11.0 Å². The number of aliphatic imine (C=N–C) groups is 1. The van der Waals surface area contributed by atoms with Gasteiger partial charge < -0.3 is 20.4 Å². The lowest BCUT2D eigenvalue weighted by Crippen LogP contribution is -2.37. The first-order chi connectivity index (χ1) is 14.0. The Balaban J connectivity index is 1.48. The summed E-state index contributed by atoms with van der Waals surface area (Å²) in [4.78, 5) is 12.1. The molecule has 0 aliphatic heterocycles. The van der Waals surface area contributed by atoms with Crippen LogP contribution in [0.5, 0.6) is 5.75 Å². The van der Waals surface area contributed by atoms with Crippen molar-refractivity contribution in [2.75, 3.05) is 13.6 Å². The summed E-state index contributed by atoms with van der Waals surface area (Å²) in [6.07, 6.45) is 1.67. The predicted molar refractivity (Wildman–Crippen MR) is 110 cm³/mol. The van der Waals surface area contributed by atoms with Gasteiger partial charge in [0.1, 0.15) is 11.6 Å². The minimum absolute atomic E-state index is 0.165. The molecule has 0 fully saturated rings. The molecule has 0 bridgehead atoms. The van der Waals surface area contributed by atoms with Crippen molar-refractivity contribution in [1.82, 2.24) is 20.6 Å². The van der Waals surface area contributed by atoms with E-state index in [9.17, 15) is 8.78 Å². The van der Waals surface area contributed by atoms with Crippen molar-refractivity contribution in [3.05, 3.63) is 59.4 Å². The largest absolute Gasteiger partial charge is 0.434 e. The fourth-order valence-electron chi connectivity index (χ4n) is 3.04. The third-order valence-corrected chi connectivity index (χ3v) is 4.42. The number of hydrogen-bond donors (Lipinski definition) is 3. The van der Waals surface area contributed by atoms with Crippen LogP contribution < -0.4 is 15.4 Å². The number of aromatic amines is 1. The van der Waals surface area contributed by atoms with Crippen LogP contribution in [0.1, 0.15) is 23.4 Å². The number of fused-ring (bicyclic) bond motifs is 1. The first kappa shape index (κ1) is 20.6. The van der Waals surface area contributed by atoms with Crippen LogP contribution in [0.2, 0.25) is 0 Å². The normalized spacial score (nSPS) is 11.8. The van der Waals surface area contributed by atoms with E-state index < -0.39 is 6.61 Å². The van der Waals surface area contributed by atoms with E-state index in [0.717, 1.165) is 35.3 Å². The topological polar surface area (TPSA) is 74.3 Å². The van der Waals surface area contributed by atoms with Gasteiger partial charge in [0.25, 0.3) is 0 Å². The number of ether oxygens (including phenoxy) is 1. The van der Waals surface area contributed by atoms with Gasteiger partial charge >= 0.3 is 6.61 Å². The third-order valence-electron chi connectivity index (χ3n) is 4.42. The van der Waals surface area contributed by atoms with Crippen LogP contribution >= 0.6 is 0 Å². The van der Waals surface area contributed by atoms with Gasteiger partial charge in [-0.2, -0.15) is 8.78 Å². The summed E-state index contributed by atoms with van der Waals surface area (Å²) in [6, 6.07) is 13.1. The van der Waals surface area contributed by atoms with Crippen molar-refractivity contribution >= 4 is 17.0 Å². The Labute approximate surface area is 168 Å². The van der Waals surface area contributed by atoms with Crippen LogP contribution in [0.4, 0.5) is 8.78 Å². The van der Waals surface area contributed by atoms with Crippen molar-refractivity contribution in [2.45, 2.75) is 32.9 Å². The first-order valence-corrected chi connectivity index (χ1v) is 9.47. The molecule has 0 unspecified atom stereocenters. The van der Waals surface area contributed by atoms with E-state index in [1.807, 2.05) is 37.3 Å². The lowest BCUT2D eigenvalue weighted by atomic mass is 10.1. The zero-order valence-corrected chi connectivity index (χ0v) is 16.5. The number of para-hydroxylation sites is 2. The standard InChI is InChI=1S/C21H25F2N5O/c1-14-9-10-18(29-20(22)23)15(12-14)13-26-21(24-2)25-11-5-8-19-27-16-6-3-4-7-17(16)28-19/h3-4,6-7,9-10,12,20H,5,8,11,13H2,1-2H3,(H,27,28)(H2,24,25,26). The summed E-state index contributed by atoms with van der Waals surface area (Å²) in [5.41, 5.74) is 3.62. The van der Waals surface area contributed by atoms with E-state index in [2.05, 4.69) is 30.3 Å². The lowest BCUT2D eigenvalue weighted by Gasteiger charge is -2.15. The lowest BCUT2D eigenvalue weighted by molar-refractivity contribution is -0.0504.